The SMILES string of the molecule is O=C(OCC1c2ccccc2-c2ccccc21)N1C2C=C(c3ccc(F)cc3OC(F)F)CC1CCC2. The van der Waals surface area contributed by atoms with E-state index in [0.29, 0.717) is 12.0 Å². The van der Waals surface area contributed by atoms with Crippen molar-refractivity contribution in [3.05, 3.63) is 95.3 Å². The van der Waals surface area contributed by atoms with Crippen molar-refractivity contribution in [1.29, 1.82) is 0 Å². The van der Waals surface area contributed by atoms with E-state index in [1.165, 1.54) is 23.3 Å². The van der Waals surface area contributed by atoms with Gasteiger partial charge in [0.1, 0.15) is 18.2 Å². The van der Waals surface area contributed by atoms with Gasteiger partial charge >= 0.3 is 12.7 Å². The summed E-state index contributed by atoms with van der Waals surface area (Å²) in [5.74, 6) is -0.856. The first-order chi connectivity index (χ1) is 18.0. The van der Waals surface area contributed by atoms with Crippen LogP contribution in [0.3, 0.4) is 0 Å². The van der Waals surface area contributed by atoms with E-state index in [4.69, 9.17) is 4.74 Å². The zero-order valence-electron chi connectivity index (χ0n) is 20.1. The van der Waals surface area contributed by atoms with Gasteiger partial charge < -0.3 is 9.47 Å². The molecule has 7 heteroatoms. The minimum absolute atomic E-state index is 0.0275. The largest absolute Gasteiger partial charge is 0.448 e. The van der Waals surface area contributed by atoms with Gasteiger partial charge in [-0.2, -0.15) is 8.78 Å². The predicted molar refractivity (Wildman–Crippen MR) is 134 cm³/mol. The van der Waals surface area contributed by atoms with Crippen molar-refractivity contribution in [3.63, 3.8) is 0 Å². The van der Waals surface area contributed by atoms with Crippen LogP contribution in [0, 0.1) is 5.82 Å². The maximum Gasteiger partial charge on any atom is 0.410 e. The number of hydrogen-bond donors (Lipinski definition) is 0. The molecule has 2 heterocycles. The first kappa shape index (κ1) is 23.6. The minimum Gasteiger partial charge on any atom is -0.448 e. The standard InChI is InChI=1S/C30H26F3NO3/c31-19-12-13-22(28(16-19)37-29(32)33)18-14-20-6-5-7-21(15-18)34(20)30(35)36-17-27-25-10-3-1-8-23(25)24-9-2-4-11-26(24)27/h1-4,8-14,16,20-21,27,29H,5-7,15,17H2. The van der Waals surface area contributed by atoms with Gasteiger partial charge in [-0.25, -0.2) is 9.18 Å². The molecule has 2 unspecified atom stereocenters. The number of rotatable bonds is 5. The van der Waals surface area contributed by atoms with Gasteiger partial charge in [-0.1, -0.05) is 54.6 Å². The second-order valence-corrected chi connectivity index (χ2v) is 9.78. The molecule has 0 N–H and O–H groups in total. The Morgan fingerprint density at radius 3 is 2.32 bits per heavy atom. The van der Waals surface area contributed by atoms with Crippen LogP contribution in [0.15, 0.2) is 72.8 Å². The zero-order valence-corrected chi connectivity index (χ0v) is 20.1. The highest BCUT2D eigenvalue weighted by atomic mass is 19.3. The highest BCUT2D eigenvalue weighted by Crippen LogP contribution is 2.45. The first-order valence-electron chi connectivity index (χ1n) is 12.6. The Hall–Kier alpha value is -3.74. The average Bonchev–Trinajstić information content (AvgIpc) is 3.20. The molecule has 6 rings (SSSR count). The highest BCUT2D eigenvalue weighted by Gasteiger charge is 2.39. The summed E-state index contributed by atoms with van der Waals surface area (Å²) in [6.07, 6.45) is 4.50. The molecule has 1 fully saturated rings. The number of hydrogen-bond acceptors (Lipinski definition) is 3. The fourth-order valence-corrected chi connectivity index (χ4v) is 6.14. The van der Waals surface area contributed by atoms with Crippen LogP contribution >= 0.6 is 0 Å². The molecule has 3 aromatic carbocycles. The van der Waals surface area contributed by atoms with E-state index in [-0.39, 0.29) is 36.5 Å². The van der Waals surface area contributed by atoms with Gasteiger partial charge in [0.05, 0.1) is 6.04 Å². The molecule has 37 heavy (non-hydrogen) atoms. The smallest absolute Gasteiger partial charge is 0.410 e. The van der Waals surface area contributed by atoms with Gasteiger partial charge in [-0.15, -0.1) is 0 Å². The second kappa shape index (κ2) is 9.61. The molecule has 1 amide bonds. The van der Waals surface area contributed by atoms with E-state index in [9.17, 15) is 18.0 Å². The number of ether oxygens (including phenoxy) is 2. The van der Waals surface area contributed by atoms with Gasteiger partial charge in [0, 0.05) is 23.6 Å². The third kappa shape index (κ3) is 4.37. The Kier molecular flexibility index (Phi) is 6.14. The summed E-state index contributed by atoms with van der Waals surface area (Å²) < 4.78 is 50.2. The van der Waals surface area contributed by atoms with Gasteiger partial charge in [-0.3, -0.25) is 4.90 Å². The molecule has 0 spiro atoms. The number of piperidine rings is 1. The molecule has 1 aliphatic carbocycles. The lowest BCUT2D eigenvalue weighted by atomic mass is 9.83. The summed E-state index contributed by atoms with van der Waals surface area (Å²) in [6.45, 7) is -2.81. The molecule has 2 bridgehead atoms. The Bertz CT molecular complexity index is 1330. The van der Waals surface area contributed by atoms with Crippen molar-refractivity contribution >= 4 is 11.7 Å². The van der Waals surface area contributed by atoms with Crippen LogP contribution in [0.4, 0.5) is 18.0 Å². The Morgan fingerprint density at radius 1 is 0.946 bits per heavy atom. The third-order valence-corrected chi connectivity index (χ3v) is 7.69. The van der Waals surface area contributed by atoms with Crippen LogP contribution in [0.5, 0.6) is 5.75 Å². The van der Waals surface area contributed by atoms with Crippen LogP contribution in [0.2, 0.25) is 0 Å². The molecule has 0 saturated carbocycles. The minimum atomic E-state index is -3.05. The van der Waals surface area contributed by atoms with Crippen LogP contribution in [-0.2, 0) is 4.74 Å². The van der Waals surface area contributed by atoms with Crippen molar-refractivity contribution < 1.29 is 27.4 Å². The number of carbonyl (C=O) groups excluding carboxylic acids is 1. The van der Waals surface area contributed by atoms with Gasteiger partial charge in [0.15, 0.2) is 0 Å². The van der Waals surface area contributed by atoms with E-state index in [1.54, 1.807) is 4.90 Å². The molecule has 190 valence electrons. The van der Waals surface area contributed by atoms with Crippen molar-refractivity contribution in [2.75, 3.05) is 6.61 Å². The maximum atomic E-state index is 13.7. The van der Waals surface area contributed by atoms with Gasteiger partial charge in [0.25, 0.3) is 0 Å². The number of carbonyl (C=O) groups is 1. The molecule has 0 aromatic heterocycles. The number of halogens is 3. The van der Waals surface area contributed by atoms with E-state index in [2.05, 4.69) is 29.0 Å². The Balaban J connectivity index is 1.23. The maximum absolute atomic E-state index is 13.7. The fourth-order valence-electron chi connectivity index (χ4n) is 6.14. The molecule has 0 radical (unpaired) electrons. The fraction of sp³-hybridized carbons (Fsp3) is 0.300. The van der Waals surface area contributed by atoms with Crippen LogP contribution < -0.4 is 4.74 Å². The topological polar surface area (TPSA) is 38.8 Å². The molecule has 3 aromatic rings. The van der Waals surface area contributed by atoms with E-state index >= 15 is 0 Å². The van der Waals surface area contributed by atoms with Crippen molar-refractivity contribution in [2.45, 2.75) is 50.3 Å². The van der Waals surface area contributed by atoms with E-state index in [0.717, 1.165) is 42.0 Å². The van der Waals surface area contributed by atoms with Crippen LogP contribution in [-0.4, -0.2) is 36.3 Å². The van der Waals surface area contributed by atoms with Crippen LogP contribution in [0.25, 0.3) is 16.7 Å². The number of benzene rings is 3. The monoisotopic (exact) mass is 505 g/mol. The molecule has 2 atom stereocenters. The summed E-state index contributed by atoms with van der Waals surface area (Å²) in [6, 6.07) is 19.7. The predicted octanol–water partition coefficient (Wildman–Crippen LogP) is 7.39. The summed E-state index contributed by atoms with van der Waals surface area (Å²) in [7, 11) is 0. The summed E-state index contributed by atoms with van der Waals surface area (Å²) in [4.78, 5) is 15.2. The van der Waals surface area contributed by atoms with E-state index in [1.807, 2.05) is 30.3 Å². The molecule has 1 saturated heterocycles. The van der Waals surface area contributed by atoms with Gasteiger partial charge in [-0.05, 0) is 65.6 Å². The lowest BCUT2D eigenvalue weighted by Crippen LogP contribution is -2.51. The molecular formula is C30H26F3NO3. The second-order valence-electron chi connectivity index (χ2n) is 9.78. The molecule has 3 aliphatic rings. The third-order valence-electron chi connectivity index (χ3n) is 7.69. The zero-order chi connectivity index (χ0) is 25.5. The van der Waals surface area contributed by atoms with Crippen molar-refractivity contribution in [2.24, 2.45) is 0 Å². The van der Waals surface area contributed by atoms with E-state index < -0.39 is 12.4 Å². The summed E-state index contributed by atoms with van der Waals surface area (Å²) in [5, 5.41) is 0. The lowest BCUT2D eigenvalue weighted by molar-refractivity contribution is -0.0502. The molecule has 4 nitrogen and oxygen atoms in total. The number of fused-ring (bicyclic) bond motifs is 5. The average molecular weight is 506 g/mol. The number of amides is 1. The molecular weight excluding hydrogens is 479 g/mol. The highest BCUT2D eigenvalue weighted by molar-refractivity contribution is 5.80. The lowest BCUT2D eigenvalue weighted by Gasteiger charge is -2.44. The molecule has 2 aliphatic heterocycles. The quantitative estimate of drug-likeness (QED) is 0.363. The summed E-state index contributed by atoms with van der Waals surface area (Å²) in [5.41, 5.74) is 5.87. The number of nitrogens with zero attached hydrogens (tertiary/aromatic N) is 1. The van der Waals surface area contributed by atoms with Gasteiger partial charge in [0.2, 0.25) is 0 Å². The summed E-state index contributed by atoms with van der Waals surface area (Å²) >= 11 is 0. The van der Waals surface area contributed by atoms with Crippen LogP contribution in [0.1, 0.15) is 48.3 Å². The van der Waals surface area contributed by atoms with Crippen molar-refractivity contribution in [3.8, 4) is 16.9 Å². The normalized spacial score (nSPS) is 20.3. The Labute approximate surface area is 213 Å². The first-order valence-corrected chi connectivity index (χ1v) is 12.6. The Morgan fingerprint density at radius 2 is 1.65 bits per heavy atom. The number of alkyl halides is 2. The van der Waals surface area contributed by atoms with Crippen molar-refractivity contribution in [1.82, 2.24) is 4.90 Å².